The molecule has 1 unspecified atom stereocenters. The molecule has 0 spiro atoms. The quantitative estimate of drug-likeness (QED) is 0.402. The van der Waals surface area contributed by atoms with Crippen LogP contribution < -0.4 is 5.32 Å². The lowest BCUT2D eigenvalue weighted by molar-refractivity contribution is -0.138. The first-order chi connectivity index (χ1) is 19.5. The van der Waals surface area contributed by atoms with Crippen LogP contribution in [0.2, 0.25) is 0 Å². The normalized spacial score (nSPS) is 20.4. The largest absolute Gasteiger partial charge is 0.417 e. The zero-order valence-electron chi connectivity index (χ0n) is 21.8. The predicted octanol–water partition coefficient (Wildman–Crippen LogP) is 4.74. The first-order valence-corrected chi connectivity index (χ1v) is 13.3. The summed E-state index contributed by atoms with van der Waals surface area (Å²) in [6, 6.07) is 8.82. The van der Waals surface area contributed by atoms with Crippen LogP contribution in [0.4, 0.5) is 17.6 Å². The zero-order chi connectivity index (χ0) is 28.9. The Hall–Kier alpha value is -4.35. The van der Waals surface area contributed by atoms with Crippen LogP contribution in [0.5, 0.6) is 0 Å². The van der Waals surface area contributed by atoms with E-state index in [0.29, 0.717) is 35.7 Å². The molecule has 41 heavy (non-hydrogen) atoms. The third-order valence-electron chi connectivity index (χ3n) is 7.94. The standard InChI is InChI=1S/C29H26F4N6O2/c30-20-3-1-2-19(13-20)28(9-8-17-4-5-17)26(41)39(27(34)37-28)14-18-6-7-22(29(31,32)33)21(12-18)25(40)38-15-23-24(16-38)36-11-10-35-23/h1-3,6-7,10-13,17H,4-5,8-9,14-16H2,(H2,34,37). The average Bonchev–Trinajstić information content (AvgIpc) is 3.62. The lowest BCUT2D eigenvalue weighted by atomic mass is 9.84. The van der Waals surface area contributed by atoms with Crippen molar-refractivity contribution in [3.8, 4) is 0 Å². The molecule has 2 N–H and O–H groups in total. The van der Waals surface area contributed by atoms with Crippen LogP contribution in [-0.2, 0) is 36.1 Å². The number of nitrogens with one attached hydrogen (secondary N) is 2. The number of halogens is 4. The van der Waals surface area contributed by atoms with E-state index in [4.69, 9.17) is 5.41 Å². The third kappa shape index (κ3) is 5.02. The van der Waals surface area contributed by atoms with E-state index in [1.54, 1.807) is 6.07 Å². The number of amides is 2. The maximum Gasteiger partial charge on any atom is 0.417 e. The fourth-order valence-electron chi connectivity index (χ4n) is 5.58. The summed E-state index contributed by atoms with van der Waals surface area (Å²) in [4.78, 5) is 38.0. The summed E-state index contributed by atoms with van der Waals surface area (Å²) < 4.78 is 56.1. The molecular weight excluding hydrogens is 540 g/mol. The highest BCUT2D eigenvalue weighted by atomic mass is 19.4. The summed E-state index contributed by atoms with van der Waals surface area (Å²) in [5.41, 5.74) is -1.35. The van der Waals surface area contributed by atoms with Crippen LogP contribution in [-0.4, -0.2) is 37.5 Å². The molecule has 8 nitrogen and oxygen atoms in total. The van der Waals surface area contributed by atoms with Crippen molar-refractivity contribution in [1.29, 1.82) is 5.41 Å². The molecule has 3 aromatic rings. The van der Waals surface area contributed by atoms with Gasteiger partial charge < -0.3 is 10.2 Å². The number of rotatable bonds is 7. The molecule has 0 bridgehead atoms. The number of aromatic nitrogens is 2. The van der Waals surface area contributed by atoms with Gasteiger partial charge in [-0.25, -0.2) is 4.39 Å². The van der Waals surface area contributed by atoms with Crippen molar-refractivity contribution in [2.45, 2.75) is 57.0 Å². The Morgan fingerprint density at radius 3 is 2.41 bits per heavy atom. The molecule has 3 aliphatic rings. The third-order valence-corrected chi connectivity index (χ3v) is 7.94. The van der Waals surface area contributed by atoms with Crippen LogP contribution in [0.1, 0.15) is 64.1 Å². The fourth-order valence-corrected chi connectivity index (χ4v) is 5.58. The molecule has 1 saturated heterocycles. The van der Waals surface area contributed by atoms with E-state index in [-0.39, 0.29) is 31.2 Å². The van der Waals surface area contributed by atoms with Crippen molar-refractivity contribution in [2.24, 2.45) is 5.92 Å². The van der Waals surface area contributed by atoms with Crippen LogP contribution in [0, 0.1) is 17.1 Å². The molecule has 1 aliphatic carbocycles. The molecule has 1 saturated carbocycles. The molecule has 6 rings (SSSR count). The molecule has 12 heteroatoms. The predicted molar refractivity (Wildman–Crippen MR) is 139 cm³/mol. The van der Waals surface area contributed by atoms with E-state index in [2.05, 4.69) is 15.3 Å². The molecule has 1 atom stereocenters. The Morgan fingerprint density at radius 1 is 1.07 bits per heavy atom. The SMILES string of the molecule is N=C1NC(CCC2CC2)(c2cccc(F)c2)C(=O)N1Cc1ccc(C(F)(F)F)c(C(=O)N2Cc3nccnc3C2)c1. The van der Waals surface area contributed by atoms with Gasteiger partial charge in [-0.15, -0.1) is 0 Å². The topological polar surface area (TPSA) is 102 Å². The lowest BCUT2D eigenvalue weighted by Gasteiger charge is -2.28. The Kier molecular flexibility index (Phi) is 6.50. The number of nitrogens with zero attached hydrogens (tertiary/aromatic N) is 4. The molecular formula is C29H26F4N6O2. The second-order valence-corrected chi connectivity index (χ2v) is 10.8. The van der Waals surface area contributed by atoms with E-state index in [1.807, 2.05) is 0 Å². The van der Waals surface area contributed by atoms with Crippen molar-refractivity contribution in [1.82, 2.24) is 25.1 Å². The van der Waals surface area contributed by atoms with E-state index < -0.39 is 40.5 Å². The van der Waals surface area contributed by atoms with Gasteiger partial charge in [-0.1, -0.05) is 31.0 Å². The average molecular weight is 567 g/mol. The number of benzene rings is 2. The minimum Gasteiger partial charge on any atom is -0.338 e. The van der Waals surface area contributed by atoms with Gasteiger partial charge in [0.05, 0.1) is 42.1 Å². The van der Waals surface area contributed by atoms with Crippen LogP contribution in [0.3, 0.4) is 0 Å². The summed E-state index contributed by atoms with van der Waals surface area (Å²) in [6.07, 6.45) is 1.26. The van der Waals surface area contributed by atoms with Gasteiger partial charge in [-0.3, -0.25) is 29.9 Å². The molecule has 2 aromatic carbocycles. The number of hydrogen-bond acceptors (Lipinski definition) is 5. The number of carbonyl (C=O) groups excluding carboxylic acids is 2. The van der Waals surface area contributed by atoms with Gasteiger partial charge in [0.2, 0.25) is 0 Å². The van der Waals surface area contributed by atoms with Gasteiger partial charge in [-0.2, -0.15) is 13.2 Å². The second-order valence-electron chi connectivity index (χ2n) is 10.8. The van der Waals surface area contributed by atoms with Crippen LogP contribution in [0.15, 0.2) is 54.9 Å². The van der Waals surface area contributed by atoms with Gasteiger partial charge in [0.1, 0.15) is 11.4 Å². The van der Waals surface area contributed by atoms with Crippen LogP contribution in [0.25, 0.3) is 0 Å². The number of guanidine groups is 1. The molecule has 2 fully saturated rings. The van der Waals surface area contributed by atoms with Crippen molar-refractivity contribution in [3.63, 3.8) is 0 Å². The van der Waals surface area contributed by atoms with E-state index in [1.165, 1.54) is 41.6 Å². The highest BCUT2D eigenvalue weighted by Crippen LogP contribution is 2.41. The van der Waals surface area contributed by atoms with Crippen molar-refractivity contribution >= 4 is 17.8 Å². The highest BCUT2D eigenvalue weighted by Gasteiger charge is 2.51. The lowest BCUT2D eigenvalue weighted by Crippen LogP contribution is -2.44. The summed E-state index contributed by atoms with van der Waals surface area (Å²) in [6.45, 7) is -0.188. The van der Waals surface area contributed by atoms with Gasteiger partial charge in [0, 0.05) is 12.4 Å². The number of carbonyl (C=O) groups is 2. The summed E-state index contributed by atoms with van der Waals surface area (Å²) >= 11 is 0. The fraction of sp³-hybridized carbons (Fsp3) is 0.345. The Balaban J connectivity index is 1.30. The maximum absolute atomic E-state index is 14.2. The Bertz CT molecular complexity index is 1530. The highest BCUT2D eigenvalue weighted by molar-refractivity contribution is 6.08. The van der Waals surface area contributed by atoms with E-state index in [0.717, 1.165) is 29.9 Å². The molecule has 0 radical (unpaired) electrons. The number of hydrogen-bond donors (Lipinski definition) is 2. The van der Waals surface area contributed by atoms with Gasteiger partial charge >= 0.3 is 6.18 Å². The Morgan fingerprint density at radius 2 is 1.78 bits per heavy atom. The summed E-state index contributed by atoms with van der Waals surface area (Å²) in [5.74, 6) is -1.63. The van der Waals surface area contributed by atoms with Crippen molar-refractivity contribution in [2.75, 3.05) is 0 Å². The number of alkyl halides is 3. The molecule has 2 amide bonds. The minimum absolute atomic E-state index is 0.0276. The molecule has 1 aromatic heterocycles. The Labute approximate surface area is 232 Å². The monoisotopic (exact) mass is 566 g/mol. The minimum atomic E-state index is -4.79. The second kappa shape index (κ2) is 9.93. The summed E-state index contributed by atoms with van der Waals surface area (Å²) in [7, 11) is 0. The molecule has 2 aliphatic heterocycles. The maximum atomic E-state index is 14.2. The first kappa shape index (κ1) is 26.9. The van der Waals surface area contributed by atoms with Crippen LogP contribution >= 0.6 is 0 Å². The van der Waals surface area contributed by atoms with Gasteiger partial charge in [-0.05, 0) is 54.2 Å². The zero-order valence-corrected chi connectivity index (χ0v) is 21.8. The van der Waals surface area contributed by atoms with Gasteiger partial charge in [0.15, 0.2) is 5.96 Å². The van der Waals surface area contributed by atoms with E-state index >= 15 is 0 Å². The van der Waals surface area contributed by atoms with E-state index in [9.17, 15) is 27.2 Å². The molecule has 3 heterocycles. The summed E-state index contributed by atoms with van der Waals surface area (Å²) in [5, 5.41) is 11.5. The number of fused-ring (bicyclic) bond motifs is 1. The first-order valence-electron chi connectivity index (χ1n) is 13.3. The smallest absolute Gasteiger partial charge is 0.338 e. The molecule has 212 valence electrons. The van der Waals surface area contributed by atoms with Gasteiger partial charge in [0.25, 0.3) is 11.8 Å². The van der Waals surface area contributed by atoms with Crippen molar-refractivity contribution < 1.29 is 27.2 Å². The van der Waals surface area contributed by atoms with Crippen molar-refractivity contribution in [3.05, 3.63) is 94.3 Å².